The molecule has 1 aromatic rings. The molecule has 1 fully saturated rings. The highest BCUT2D eigenvalue weighted by molar-refractivity contribution is 5.57. The quantitative estimate of drug-likeness (QED) is 0.719. The Kier molecular flexibility index (Phi) is 3.44. The molecule has 0 bridgehead atoms. The summed E-state index contributed by atoms with van der Waals surface area (Å²) in [4.78, 5) is 35.7. The van der Waals surface area contributed by atoms with E-state index in [0.717, 1.165) is 0 Å². The molecule has 0 spiro atoms. The zero-order valence-electron chi connectivity index (χ0n) is 10.0. The molecule has 4 atom stereocenters. The van der Waals surface area contributed by atoms with Crippen molar-refractivity contribution in [3.8, 4) is 0 Å². The van der Waals surface area contributed by atoms with Crippen LogP contribution < -0.4 is 11.2 Å². The maximum absolute atomic E-state index is 11.7. The van der Waals surface area contributed by atoms with Crippen LogP contribution in [0, 0.1) is 5.92 Å². The number of rotatable bonds is 3. The number of nitrogens with one attached hydrogen (secondary N) is 1. The lowest BCUT2D eigenvalue weighted by atomic mass is 10.0. The molecule has 0 aromatic carbocycles. The molecule has 1 aliphatic rings. The Balaban J connectivity index is 2.40. The van der Waals surface area contributed by atoms with Crippen LogP contribution in [0.4, 0.5) is 0 Å². The molecular formula is C11H14N2O5. The van der Waals surface area contributed by atoms with Gasteiger partial charge in [0, 0.05) is 25.3 Å². The minimum absolute atomic E-state index is 0.170. The van der Waals surface area contributed by atoms with Crippen molar-refractivity contribution in [3.63, 3.8) is 0 Å². The lowest BCUT2D eigenvalue weighted by molar-refractivity contribution is -0.121. The smallest absolute Gasteiger partial charge is 0.330 e. The van der Waals surface area contributed by atoms with Gasteiger partial charge < -0.3 is 14.3 Å². The molecule has 1 aliphatic heterocycles. The molecule has 1 saturated heterocycles. The van der Waals surface area contributed by atoms with Gasteiger partial charge in [-0.2, -0.15) is 0 Å². The van der Waals surface area contributed by atoms with Crippen LogP contribution >= 0.6 is 0 Å². The predicted octanol–water partition coefficient (Wildman–Crippen LogP) is -0.716. The summed E-state index contributed by atoms with van der Waals surface area (Å²) in [5, 5.41) is 0. The second-order valence-electron chi connectivity index (χ2n) is 4.20. The van der Waals surface area contributed by atoms with Gasteiger partial charge in [-0.15, -0.1) is 0 Å². The lowest BCUT2D eigenvalue weighted by Crippen LogP contribution is -2.36. The normalized spacial score (nSPS) is 31.4. The van der Waals surface area contributed by atoms with E-state index in [0.29, 0.717) is 6.29 Å². The van der Waals surface area contributed by atoms with Crippen molar-refractivity contribution in [1.29, 1.82) is 0 Å². The molecule has 0 saturated carbocycles. The van der Waals surface area contributed by atoms with Gasteiger partial charge in [0.15, 0.2) is 6.23 Å². The Labute approximate surface area is 102 Å². The highest BCUT2D eigenvalue weighted by atomic mass is 16.6. The SMILES string of the molecule is CO[C@H]1[C@@H](C)[C@H](C=O)O[C@@H]1n1ccc(=O)[nH]c1=O. The van der Waals surface area contributed by atoms with Crippen molar-refractivity contribution in [3.05, 3.63) is 33.1 Å². The van der Waals surface area contributed by atoms with Crippen LogP contribution in [0.25, 0.3) is 0 Å². The van der Waals surface area contributed by atoms with E-state index in [1.807, 2.05) is 6.92 Å². The van der Waals surface area contributed by atoms with E-state index in [1.165, 1.54) is 23.9 Å². The molecule has 1 N–H and O–H groups in total. The minimum Gasteiger partial charge on any atom is -0.376 e. The summed E-state index contributed by atoms with van der Waals surface area (Å²) in [5.74, 6) is -0.170. The van der Waals surface area contributed by atoms with Crippen LogP contribution in [0.1, 0.15) is 13.2 Å². The lowest BCUT2D eigenvalue weighted by Gasteiger charge is -2.20. The molecule has 7 heteroatoms. The topological polar surface area (TPSA) is 90.4 Å². The first-order valence-corrected chi connectivity index (χ1v) is 5.53. The van der Waals surface area contributed by atoms with Gasteiger partial charge in [0.1, 0.15) is 18.5 Å². The zero-order chi connectivity index (χ0) is 13.3. The Hall–Kier alpha value is -1.73. The third kappa shape index (κ3) is 2.02. The largest absolute Gasteiger partial charge is 0.376 e. The van der Waals surface area contributed by atoms with Crippen molar-refractivity contribution in [2.45, 2.75) is 25.4 Å². The summed E-state index contributed by atoms with van der Waals surface area (Å²) in [6.45, 7) is 1.81. The number of carbonyl (C=O) groups excluding carboxylic acids is 1. The third-order valence-electron chi connectivity index (χ3n) is 3.15. The molecule has 98 valence electrons. The van der Waals surface area contributed by atoms with Crippen molar-refractivity contribution >= 4 is 6.29 Å². The van der Waals surface area contributed by atoms with Gasteiger partial charge in [-0.3, -0.25) is 14.3 Å². The molecule has 0 radical (unpaired) electrons. The zero-order valence-corrected chi connectivity index (χ0v) is 10.0. The van der Waals surface area contributed by atoms with Crippen molar-refractivity contribution in [1.82, 2.24) is 9.55 Å². The molecule has 0 amide bonds. The average molecular weight is 254 g/mol. The molecule has 2 heterocycles. The van der Waals surface area contributed by atoms with E-state index in [9.17, 15) is 14.4 Å². The molecule has 0 unspecified atom stereocenters. The third-order valence-corrected chi connectivity index (χ3v) is 3.15. The van der Waals surface area contributed by atoms with Gasteiger partial charge in [-0.25, -0.2) is 4.79 Å². The fourth-order valence-electron chi connectivity index (χ4n) is 2.15. The number of aromatic nitrogens is 2. The summed E-state index contributed by atoms with van der Waals surface area (Å²) >= 11 is 0. The molecule has 18 heavy (non-hydrogen) atoms. The second kappa shape index (κ2) is 4.87. The monoisotopic (exact) mass is 254 g/mol. The number of methoxy groups -OCH3 is 1. The van der Waals surface area contributed by atoms with Crippen LogP contribution in [-0.4, -0.2) is 35.2 Å². The number of nitrogens with zero attached hydrogens (tertiary/aromatic N) is 1. The second-order valence-corrected chi connectivity index (χ2v) is 4.20. The Morgan fingerprint density at radius 3 is 2.78 bits per heavy atom. The Morgan fingerprint density at radius 1 is 1.50 bits per heavy atom. The highest BCUT2D eigenvalue weighted by Gasteiger charge is 2.43. The number of ether oxygens (including phenoxy) is 2. The summed E-state index contributed by atoms with van der Waals surface area (Å²) in [5.41, 5.74) is -1.07. The maximum Gasteiger partial charge on any atom is 0.330 e. The first kappa shape index (κ1) is 12.7. The van der Waals surface area contributed by atoms with Gasteiger partial charge in [0.2, 0.25) is 0 Å². The molecular weight excluding hydrogens is 240 g/mol. The summed E-state index contributed by atoms with van der Waals surface area (Å²) in [6, 6.07) is 1.22. The van der Waals surface area contributed by atoms with E-state index < -0.39 is 29.7 Å². The van der Waals surface area contributed by atoms with Crippen LogP contribution in [0.5, 0.6) is 0 Å². The maximum atomic E-state index is 11.7. The number of aldehydes is 1. The van der Waals surface area contributed by atoms with Crippen LogP contribution in [-0.2, 0) is 14.3 Å². The van der Waals surface area contributed by atoms with E-state index in [2.05, 4.69) is 4.98 Å². The number of aromatic amines is 1. The summed E-state index contributed by atoms with van der Waals surface area (Å²) in [7, 11) is 1.49. The van der Waals surface area contributed by atoms with Crippen LogP contribution in [0.3, 0.4) is 0 Å². The van der Waals surface area contributed by atoms with E-state index in [4.69, 9.17) is 9.47 Å². The average Bonchev–Trinajstić information content (AvgIpc) is 2.65. The van der Waals surface area contributed by atoms with E-state index >= 15 is 0 Å². The number of H-pyrrole nitrogens is 1. The van der Waals surface area contributed by atoms with Gasteiger partial charge in [0.05, 0.1) is 0 Å². The van der Waals surface area contributed by atoms with E-state index in [-0.39, 0.29) is 5.92 Å². The standard InChI is InChI=1S/C11H14N2O5/c1-6-7(5-14)18-10(9(6)17-2)13-4-3-8(15)12-11(13)16/h3-7,9-10H,1-2H3,(H,12,15,16)/t6-,7-,9-,10-/m0/s1. The Morgan fingerprint density at radius 2 is 2.22 bits per heavy atom. The highest BCUT2D eigenvalue weighted by Crippen LogP contribution is 2.33. The van der Waals surface area contributed by atoms with Crippen LogP contribution in [0.2, 0.25) is 0 Å². The first-order valence-electron chi connectivity index (χ1n) is 5.53. The van der Waals surface area contributed by atoms with E-state index in [1.54, 1.807) is 0 Å². The van der Waals surface area contributed by atoms with Gasteiger partial charge in [-0.05, 0) is 0 Å². The number of hydrogen-bond acceptors (Lipinski definition) is 5. The fraction of sp³-hybridized carbons (Fsp3) is 0.545. The molecule has 7 nitrogen and oxygen atoms in total. The van der Waals surface area contributed by atoms with Gasteiger partial charge >= 0.3 is 5.69 Å². The van der Waals surface area contributed by atoms with Crippen molar-refractivity contribution in [2.24, 2.45) is 5.92 Å². The first-order chi connectivity index (χ1) is 8.58. The molecule has 0 aliphatic carbocycles. The van der Waals surface area contributed by atoms with Gasteiger partial charge in [-0.1, -0.05) is 6.92 Å². The summed E-state index contributed by atoms with van der Waals surface area (Å²) in [6.07, 6.45) is 0.248. The predicted molar refractivity (Wildman–Crippen MR) is 61.3 cm³/mol. The molecule has 2 rings (SSSR count). The fourth-order valence-corrected chi connectivity index (χ4v) is 2.15. The minimum atomic E-state index is -0.718. The number of carbonyl (C=O) groups is 1. The number of hydrogen-bond donors (Lipinski definition) is 1. The van der Waals surface area contributed by atoms with Crippen LogP contribution in [0.15, 0.2) is 21.9 Å². The van der Waals surface area contributed by atoms with Crippen molar-refractivity contribution < 1.29 is 14.3 Å². The molecule has 1 aromatic heterocycles. The Bertz CT molecular complexity index is 549. The summed E-state index contributed by atoms with van der Waals surface area (Å²) < 4.78 is 12.0. The van der Waals surface area contributed by atoms with Crippen molar-refractivity contribution in [2.75, 3.05) is 7.11 Å². The van der Waals surface area contributed by atoms with Gasteiger partial charge in [0.25, 0.3) is 5.56 Å².